The molecule has 0 spiro atoms. The maximum absolute atomic E-state index is 11.8. The van der Waals surface area contributed by atoms with Gasteiger partial charge in [0.05, 0.1) is 0 Å². The number of benzene rings is 1. The number of hydrogen-bond acceptors (Lipinski definition) is 4. The Balaban J connectivity index is 1.93. The molecule has 0 atom stereocenters. The average Bonchev–Trinajstić information content (AvgIpc) is 2.77. The van der Waals surface area contributed by atoms with Gasteiger partial charge in [-0.2, -0.15) is 0 Å². The summed E-state index contributed by atoms with van der Waals surface area (Å²) < 4.78 is 0. The molecule has 0 aliphatic carbocycles. The average molecular weight is 276 g/mol. The Kier molecular flexibility index (Phi) is 4.46. The highest BCUT2D eigenvalue weighted by atomic mass is 32.1. The first-order valence-corrected chi connectivity index (χ1v) is 6.96. The fourth-order valence-corrected chi connectivity index (χ4v) is 2.44. The predicted octanol–water partition coefficient (Wildman–Crippen LogP) is 3.44. The van der Waals surface area contributed by atoms with Crippen molar-refractivity contribution in [2.24, 2.45) is 0 Å². The van der Waals surface area contributed by atoms with Crippen LogP contribution >= 0.6 is 11.3 Å². The van der Waals surface area contributed by atoms with E-state index in [0.29, 0.717) is 5.13 Å². The SMILES string of the molecule is CCCc1nnc(NC(=O)Nc2cccc(C)c2)s1. The Morgan fingerprint density at radius 1 is 1.32 bits per heavy atom. The number of amides is 2. The molecule has 2 amide bonds. The van der Waals surface area contributed by atoms with Crippen LogP contribution in [0.1, 0.15) is 23.9 Å². The number of hydrogen-bond donors (Lipinski definition) is 2. The van der Waals surface area contributed by atoms with Gasteiger partial charge in [-0.1, -0.05) is 30.4 Å². The van der Waals surface area contributed by atoms with E-state index in [-0.39, 0.29) is 6.03 Å². The number of nitrogens with one attached hydrogen (secondary N) is 2. The number of carbonyl (C=O) groups excluding carboxylic acids is 1. The van der Waals surface area contributed by atoms with Crippen LogP contribution in [0.15, 0.2) is 24.3 Å². The largest absolute Gasteiger partial charge is 0.325 e. The van der Waals surface area contributed by atoms with Gasteiger partial charge in [0.1, 0.15) is 5.01 Å². The highest BCUT2D eigenvalue weighted by Gasteiger charge is 2.07. The number of rotatable bonds is 4. The minimum Gasteiger partial charge on any atom is -0.308 e. The zero-order valence-electron chi connectivity index (χ0n) is 10.9. The summed E-state index contributed by atoms with van der Waals surface area (Å²) in [5.41, 5.74) is 1.86. The standard InChI is InChI=1S/C13H16N4OS/c1-3-5-11-16-17-13(19-11)15-12(18)14-10-7-4-6-9(2)8-10/h4,6-8H,3,5H2,1-2H3,(H2,14,15,17,18). The van der Waals surface area contributed by atoms with E-state index in [1.54, 1.807) is 0 Å². The van der Waals surface area contributed by atoms with E-state index < -0.39 is 0 Å². The topological polar surface area (TPSA) is 66.9 Å². The number of carbonyl (C=O) groups is 1. The summed E-state index contributed by atoms with van der Waals surface area (Å²) >= 11 is 1.41. The van der Waals surface area contributed by atoms with Crippen molar-refractivity contribution in [2.75, 3.05) is 10.6 Å². The summed E-state index contributed by atoms with van der Waals surface area (Å²) in [6.45, 7) is 4.06. The van der Waals surface area contributed by atoms with Crippen molar-refractivity contribution in [2.45, 2.75) is 26.7 Å². The number of urea groups is 1. The lowest BCUT2D eigenvalue weighted by atomic mass is 10.2. The Hall–Kier alpha value is -1.95. The minimum absolute atomic E-state index is 0.301. The van der Waals surface area contributed by atoms with E-state index >= 15 is 0 Å². The molecular formula is C13H16N4OS. The maximum atomic E-state index is 11.8. The maximum Gasteiger partial charge on any atom is 0.325 e. The summed E-state index contributed by atoms with van der Waals surface area (Å²) in [5, 5.41) is 14.8. The first-order chi connectivity index (χ1) is 9.17. The van der Waals surface area contributed by atoms with Crippen molar-refractivity contribution in [1.29, 1.82) is 0 Å². The molecule has 1 aromatic heterocycles. The summed E-state index contributed by atoms with van der Waals surface area (Å²) in [6, 6.07) is 7.32. The quantitative estimate of drug-likeness (QED) is 0.898. The summed E-state index contributed by atoms with van der Waals surface area (Å²) in [6.07, 6.45) is 1.91. The second kappa shape index (κ2) is 6.29. The molecule has 2 N–H and O–H groups in total. The van der Waals surface area contributed by atoms with Gasteiger partial charge in [0.25, 0.3) is 0 Å². The Labute approximate surface area is 116 Å². The van der Waals surface area contributed by atoms with Crippen molar-refractivity contribution < 1.29 is 4.79 Å². The molecule has 0 saturated heterocycles. The Bertz CT molecular complexity index is 567. The number of aromatic nitrogens is 2. The molecule has 0 unspecified atom stereocenters. The number of anilines is 2. The normalized spacial score (nSPS) is 10.2. The number of aryl methyl sites for hydroxylation is 2. The highest BCUT2D eigenvalue weighted by molar-refractivity contribution is 7.15. The smallest absolute Gasteiger partial charge is 0.308 e. The molecule has 2 rings (SSSR count). The highest BCUT2D eigenvalue weighted by Crippen LogP contribution is 2.17. The molecule has 2 aromatic rings. The zero-order chi connectivity index (χ0) is 13.7. The predicted molar refractivity (Wildman–Crippen MR) is 77.7 cm³/mol. The van der Waals surface area contributed by atoms with Gasteiger partial charge in [0, 0.05) is 12.1 Å². The third kappa shape index (κ3) is 4.03. The van der Waals surface area contributed by atoms with Gasteiger partial charge >= 0.3 is 6.03 Å². The fraction of sp³-hybridized carbons (Fsp3) is 0.308. The Morgan fingerprint density at radius 3 is 2.89 bits per heavy atom. The minimum atomic E-state index is -0.301. The molecule has 1 aromatic carbocycles. The molecule has 0 aliphatic rings. The second-order valence-corrected chi connectivity index (χ2v) is 5.26. The van der Waals surface area contributed by atoms with Gasteiger partial charge in [0.15, 0.2) is 0 Å². The summed E-state index contributed by atoms with van der Waals surface area (Å²) in [5.74, 6) is 0. The molecule has 0 radical (unpaired) electrons. The van der Waals surface area contributed by atoms with Crippen LogP contribution in [0.3, 0.4) is 0 Å². The van der Waals surface area contributed by atoms with Crippen LogP contribution < -0.4 is 10.6 Å². The van der Waals surface area contributed by atoms with Gasteiger partial charge < -0.3 is 5.32 Å². The monoisotopic (exact) mass is 276 g/mol. The van der Waals surface area contributed by atoms with Crippen LogP contribution in [0, 0.1) is 6.92 Å². The van der Waals surface area contributed by atoms with Crippen LogP contribution in [-0.4, -0.2) is 16.2 Å². The van der Waals surface area contributed by atoms with Crippen LogP contribution in [0.25, 0.3) is 0 Å². The van der Waals surface area contributed by atoms with Gasteiger partial charge in [-0.3, -0.25) is 5.32 Å². The zero-order valence-corrected chi connectivity index (χ0v) is 11.8. The number of nitrogens with zero attached hydrogens (tertiary/aromatic N) is 2. The molecule has 6 heteroatoms. The first-order valence-electron chi connectivity index (χ1n) is 6.14. The molecule has 100 valence electrons. The van der Waals surface area contributed by atoms with E-state index in [1.165, 1.54) is 11.3 Å². The van der Waals surface area contributed by atoms with E-state index in [9.17, 15) is 4.79 Å². The first kappa shape index (κ1) is 13.5. The molecule has 0 aliphatic heterocycles. The van der Waals surface area contributed by atoms with Crippen molar-refractivity contribution in [3.63, 3.8) is 0 Å². The van der Waals surface area contributed by atoms with Crippen molar-refractivity contribution in [3.8, 4) is 0 Å². The fourth-order valence-electron chi connectivity index (χ4n) is 1.60. The van der Waals surface area contributed by atoms with E-state index in [4.69, 9.17) is 0 Å². The molecule has 0 fully saturated rings. The summed E-state index contributed by atoms with van der Waals surface area (Å²) in [7, 11) is 0. The van der Waals surface area contributed by atoms with Crippen molar-refractivity contribution >= 4 is 28.2 Å². The lowest BCUT2D eigenvalue weighted by molar-refractivity contribution is 0.262. The second-order valence-electron chi connectivity index (χ2n) is 4.20. The lowest BCUT2D eigenvalue weighted by Crippen LogP contribution is -2.19. The molecule has 0 saturated carbocycles. The van der Waals surface area contributed by atoms with Gasteiger partial charge in [-0.25, -0.2) is 4.79 Å². The van der Waals surface area contributed by atoms with E-state index in [0.717, 1.165) is 29.1 Å². The van der Waals surface area contributed by atoms with E-state index in [2.05, 4.69) is 27.8 Å². The third-order valence-corrected chi connectivity index (χ3v) is 3.33. The van der Waals surface area contributed by atoms with Crippen molar-refractivity contribution in [3.05, 3.63) is 34.8 Å². The van der Waals surface area contributed by atoms with Crippen LogP contribution in [0.4, 0.5) is 15.6 Å². The van der Waals surface area contributed by atoms with Gasteiger partial charge in [-0.05, 0) is 31.0 Å². The molecule has 0 bridgehead atoms. The molecule has 19 heavy (non-hydrogen) atoms. The van der Waals surface area contributed by atoms with Crippen molar-refractivity contribution in [1.82, 2.24) is 10.2 Å². The van der Waals surface area contributed by atoms with Crippen LogP contribution in [-0.2, 0) is 6.42 Å². The van der Waals surface area contributed by atoms with Gasteiger partial charge in [-0.15, -0.1) is 10.2 Å². The van der Waals surface area contributed by atoms with E-state index in [1.807, 2.05) is 31.2 Å². The third-order valence-electron chi connectivity index (χ3n) is 2.43. The van der Waals surface area contributed by atoms with Crippen LogP contribution in [0.5, 0.6) is 0 Å². The molecular weight excluding hydrogens is 260 g/mol. The van der Waals surface area contributed by atoms with Crippen LogP contribution in [0.2, 0.25) is 0 Å². The lowest BCUT2D eigenvalue weighted by Gasteiger charge is -2.05. The molecule has 5 nitrogen and oxygen atoms in total. The summed E-state index contributed by atoms with van der Waals surface area (Å²) in [4.78, 5) is 11.8. The van der Waals surface area contributed by atoms with Gasteiger partial charge in [0.2, 0.25) is 5.13 Å². The Morgan fingerprint density at radius 2 is 2.16 bits per heavy atom. The molecule has 1 heterocycles.